The Bertz CT molecular complexity index is 647. The standard InChI is InChI=1S/C27H42N/c1-4-6-7-8-9-10-11-12-13-17-20-27(26-18-15-14-16-19-26)28-22-21-24(3)25(5-2)23-28/h14-16,18-19,21-23,27H,4-13,17,20H2,1-3H3/q+1. The van der Waals surface area contributed by atoms with Crippen molar-refractivity contribution >= 4 is 0 Å². The molecule has 154 valence electrons. The summed E-state index contributed by atoms with van der Waals surface area (Å²) in [6.45, 7) is 6.77. The highest BCUT2D eigenvalue weighted by atomic mass is 15.0. The first kappa shape index (κ1) is 22.7. The monoisotopic (exact) mass is 380 g/mol. The third-order valence-corrected chi connectivity index (χ3v) is 6.06. The Morgan fingerprint density at radius 3 is 1.96 bits per heavy atom. The molecule has 0 aliphatic heterocycles. The van der Waals surface area contributed by atoms with Crippen LogP contribution in [0.25, 0.3) is 0 Å². The zero-order valence-electron chi connectivity index (χ0n) is 18.6. The van der Waals surface area contributed by atoms with E-state index >= 15 is 0 Å². The van der Waals surface area contributed by atoms with Gasteiger partial charge in [-0.2, -0.15) is 4.57 Å². The average molecular weight is 381 g/mol. The molecule has 1 aromatic carbocycles. The molecule has 0 spiro atoms. The van der Waals surface area contributed by atoms with E-state index in [4.69, 9.17) is 0 Å². The summed E-state index contributed by atoms with van der Waals surface area (Å²) in [5.41, 5.74) is 4.31. The maximum atomic E-state index is 2.45. The van der Waals surface area contributed by atoms with Crippen LogP contribution < -0.4 is 4.57 Å². The third-order valence-electron chi connectivity index (χ3n) is 6.06. The molecular formula is C27H42N+. The van der Waals surface area contributed by atoms with E-state index in [2.05, 4.69) is 74.1 Å². The Morgan fingerprint density at radius 2 is 1.36 bits per heavy atom. The lowest BCUT2D eigenvalue weighted by Gasteiger charge is -2.14. The van der Waals surface area contributed by atoms with Gasteiger partial charge < -0.3 is 0 Å². The van der Waals surface area contributed by atoms with E-state index in [0.29, 0.717) is 6.04 Å². The second kappa shape index (κ2) is 13.5. The summed E-state index contributed by atoms with van der Waals surface area (Å²) in [7, 11) is 0. The minimum atomic E-state index is 0.459. The van der Waals surface area contributed by atoms with Crippen LogP contribution in [0.4, 0.5) is 0 Å². The first-order chi connectivity index (χ1) is 13.8. The largest absolute Gasteiger partial charge is 0.198 e. The van der Waals surface area contributed by atoms with Gasteiger partial charge in [0.15, 0.2) is 18.4 Å². The molecular weight excluding hydrogens is 338 g/mol. The van der Waals surface area contributed by atoms with Gasteiger partial charge in [-0.1, -0.05) is 102 Å². The van der Waals surface area contributed by atoms with Crippen LogP contribution in [0.1, 0.15) is 107 Å². The molecule has 2 rings (SSSR count). The second-order valence-corrected chi connectivity index (χ2v) is 8.35. The first-order valence-electron chi connectivity index (χ1n) is 11.8. The highest BCUT2D eigenvalue weighted by Gasteiger charge is 2.21. The molecule has 0 saturated carbocycles. The normalized spacial score (nSPS) is 12.2. The Kier molecular flexibility index (Phi) is 10.9. The Balaban J connectivity index is 1.83. The molecule has 28 heavy (non-hydrogen) atoms. The molecule has 1 aromatic heterocycles. The number of hydrogen-bond acceptors (Lipinski definition) is 0. The van der Waals surface area contributed by atoms with Crippen LogP contribution in [-0.2, 0) is 6.42 Å². The zero-order valence-corrected chi connectivity index (χ0v) is 18.6. The first-order valence-corrected chi connectivity index (χ1v) is 11.8. The number of rotatable bonds is 14. The van der Waals surface area contributed by atoms with Crippen LogP contribution in [-0.4, -0.2) is 0 Å². The van der Waals surface area contributed by atoms with Gasteiger partial charge in [0.2, 0.25) is 0 Å². The molecule has 1 atom stereocenters. The van der Waals surface area contributed by atoms with E-state index in [-0.39, 0.29) is 0 Å². The number of aryl methyl sites for hydroxylation is 2. The van der Waals surface area contributed by atoms with Gasteiger partial charge in [0.1, 0.15) is 0 Å². The highest BCUT2D eigenvalue weighted by Crippen LogP contribution is 2.21. The molecule has 0 saturated heterocycles. The second-order valence-electron chi connectivity index (χ2n) is 8.35. The van der Waals surface area contributed by atoms with E-state index in [1.54, 1.807) is 0 Å². The van der Waals surface area contributed by atoms with Crippen molar-refractivity contribution in [1.29, 1.82) is 0 Å². The molecule has 0 N–H and O–H groups in total. The van der Waals surface area contributed by atoms with Crippen LogP contribution in [0.15, 0.2) is 48.8 Å². The lowest BCUT2D eigenvalue weighted by molar-refractivity contribution is -0.715. The molecule has 1 heterocycles. The van der Waals surface area contributed by atoms with E-state index in [9.17, 15) is 0 Å². The van der Waals surface area contributed by atoms with Crippen molar-refractivity contribution in [1.82, 2.24) is 0 Å². The number of pyridine rings is 1. The molecule has 1 unspecified atom stereocenters. The topological polar surface area (TPSA) is 3.88 Å². The van der Waals surface area contributed by atoms with Crippen molar-refractivity contribution in [3.8, 4) is 0 Å². The van der Waals surface area contributed by atoms with Crippen molar-refractivity contribution < 1.29 is 4.57 Å². The number of nitrogens with zero attached hydrogens (tertiary/aromatic N) is 1. The Hall–Kier alpha value is -1.63. The van der Waals surface area contributed by atoms with Gasteiger partial charge in [0.05, 0.1) is 0 Å². The van der Waals surface area contributed by atoms with Gasteiger partial charge >= 0.3 is 0 Å². The molecule has 0 aliphatic rings. The molecule has 0 fully saturated rings. The van der Waals surface area contributed by atoms with Gasteiger partial charge in [0.25, 0.3) is 0 Å². The Labute approximate surface area is 174 Å². The van der Waals surface area contributed by atoms with Gasteiger partial charge in [0, 0.05) is 23.6 Å². The van der Waals surface area contributed by atoms with Crippen LogP contribution in [0.2, 0.25) is 0 Å². The summed E-state index contributed by atoms with van der Waals surface area (Å²) in [4.78, 5) is 0. The van der Waals surface area contributed by atoms with Crippen LogP contribution in [0.5, 0.6) is 0 Å². The fraction of sp³-hybridized carbons (Fsp3) is 0.593. The molecule has 0 amide bonds. The minimum Gasteiger partial charge on any atom is -0.198 e. The summed E-state index contributed by atoms with van der Waals surface area (Å²) in [5, 5.41) is 0. The van der Waals surface area contributed by atoms with Crippen molar-refractivity contribution in [3.63, 3.8) is 0 Å². The third kappa shape index (κ3) is 7.78. The van der Waals surface area contributed by atoms with Crippen molar-refractivity contribution in [2.45, 2.75) is 104 Å². The van der Waals surface area contributed by atoms with Gasteiger partial charge in [-0.25, -0.2) is 0 Å². The summed E-state index contributed by atoms with van der Waals surface area (Å²) >= 11 is 0. The fourth-order valence-electron chi connectivity index (χ4n) is 4.18. The molecule has 0 bridgehead atoms. The number of unbranched alkanes of at least 4 members (excludes halogenated alkanes) is 9. The lowest BCUT2D eigenvalue weighted by atomic mass is 9.98. The molecule has 1 nitrogen and oxygen atoms in total. The summed E-state index contributed by atoms with van der Waals surface area (Å²) in [6.07, 6.45) is 21.0. The maximum Gasteiger partial charge on any atom is 0.183 e. The zero-order chi connectivity index (χ0) is 20.0. The van der Waals surface area contributed by atoms with Crippen LogP contribution >= 0.6 is 0 Å². The van der Waals surface area contributed by atoms with Crippen LogP contribution in [0, 0.1) is 6.92 Å². The smallest absolute Gasteiger partial charge is 0.183 e. The van der Waals surface area contributed by atoms with Gasteiger partial charge in [-0.15, -0.1) is 0 Å². The van der Waals surface area contributed by atoms with E-state index in [1.165, 1.54) is 87.3 Å². The highest BCUT2D eigenvalue weighted by molar-refractivity contribution is 5.20. The maximum absolute atomic E-state index is 2.45. The summed E-state index contributed by atoms with van der Waals surface area (Å²) < 4.78 is 2.45. The fourth-order valence-corrected chi connectivity index (χ4v) is 4.18. The van der Waals surface area contributed by atoms with E-state index in [0.717, 1.165) is 6.42 Å². The average Bonchev–Trinajstić information content (AvgIpc) is 2.73. The molecule has 0 aliphatic carbocycles. The quantitative estimate of drug-likeness (QED) is 0.233. The Morgan fingerprint density at radius 1 is 0.750 bits per heavy atom. The number of aromatic nitrogens is 1. The number of benzene rings is 1. The van der Waals surface area contributed by atoms with E-state index in [1.807, 2.05) is 0 Å². The predicted molar refractivity (Wildman–Crippen MR) is 122 cm³/mol. The summed E-state index contributed by atoms with van der Waals surface area (Å²) in [6, 6.07) is 13.8. The van der Waals surface area contributed by atoms with Crippen molar-refractivity contribution in [3.05, 3.63) is 65.5 Å². The predicted octanol–water partition coefficient (Wildman–Crippen LogP) is 7.75. The summed E-state index contributed by atoms with van der Waals surface area (Å²) in [5.74, 6) is 0. The molecule has 2 aromatic rings. The SMILES string of the molecule is CCCCCCCCCCCCC(c1ccccc1)[n+]1ccc(C)c(CC)c1. The van der Waals surface area contributed by atoms with Gasteiger partial charge in [-0.3, -0.25) is 0 Å². The van der Waals surface area contributed by atoms with E-state index < -0.39 is 0 Å². The lowest BCUT2D eigenvalue weighted by Crippen LogP contribution is -2.40. The van der Waals surface area contributed by atoms with Crippen LogP contribution in [0.3, 0.4) is 0 Å². The molecule has 0 radical (unpaired) electrons. The van der Waals surface area contributed by atoms with Crippen molar-refractivity contribution in [2.75, 3.05) is 0 Å². The minimum absolute atomic E-state index is 0.459. The molecule has 1 heteroatoms. The van der Waals surface area contributed by atoms with Gasteiger partial charge in [-0.05, 0) is 25.3 Å². The number of hydrogen-bond donors (Lipinski definition) is 0. The van der Waals surface area contributed by atoms with Crippen molar-refractivity contribution in [2.24, 2.45) is 0 Å².